The fourth-order valence-corrected chi connectivity index (χ4v) is 3.92. The second-order valence-corrected chi connectivity index (χ2v) is 6.73. The van der Waals surface area contributed by atoms with Crippen LogP contribution in [0.15, 0.2) is 30.3 Å². The number of piperidine rings is 2. The summed E-state index contributed by atoms with van der Waals surface area (Å²) in [5.41, 5.74) is 0.664. The number of fused-ring (bicyclic) bond motifs is 2. The van der Waals surface area contributed by atoms with Crippen LogP contribution in [0.1, 0.15) is 42.5 Å². The van der Waals surface area contributed by atoms with Crippen LogP contribution in [-0.2, 0) is 4.74 Å². The molecule has 3 rings (SSSR count). The highest BCUT2D eigenvalue weighted by Gasteiger charge is 2.47. The van der Waals surface area contributed by atoms with Crippen molar-refractivity contribution >= 4 is 5.97 Å². The summed E-state index contributed by atoms with van der Waals surface area (Å²) in [4.78, 5) is 12.2. The maximum absolute atomic E-state index is 12.2. The predicted molar refractivity (Wildman–Crippen MR) is 78.4 cm³/mol. The minimum atomic E-state index is -0.166. The van der Waals surface area contributed by atoms with Gasteiger partial charge in [0.05, 0.1) is 31.7 Å². The van der Waals surface area contributed by atoms with E-state index in [2.05, 4.69) is 14.1 Å². The Bertz CT molecular complexity index is 467. The van der Waals surface area contributed by atoms with Crippen molar-refractivity contribution < 1.29 is 14.0 Å². The molecule has 1 unspecified atom stereocenters. The van der Waals surface area contributed by atoms with Crippen LogP contribution in [0.2, 0.25) is 0 Å². The average molecular weight is 274 g/mol. The van der Waals surface area contributed by atoms with Crippen molar-refractivity contribution in [3.8, 4) is 0 Å². The molecular formula is C17H24NO2+. The highest BCUT2D eigenvalue weighted by Crippen LogP contribution is 2.38. The molecule has 0 N–H and O–H groups in total. The number of ether oxygens (including phenoxy) is 1. The third-order valence-corrected chi connectivity index (χ3v) is 5.31. The zero-order chi connectivity index (χ0) is 14.2. The highest BCUT2D eigenvalue weighted by atomic mass is 16.5. The van der Waals surface area contributed by atoms with Gasteiger partial charge in [-0.1, -0.05) is 18.2 Å². The summed E-state index contributed by atoms with van der Waals surface area (Å²) in [7, 11) is 4.67. The van der Waals surface area contributed by atoms with E-state index in [0.717, 1.165) is 17.3 Å². The zero-order valence-corrected chi connectivity index (χ0v) is 12.4. The lowest BCUT2D eigenvalue weighted by Gasteiger charge is -2.52. The Morgan fingerprint density at radius 1 is 1.10 bits per heavy atom. The van der Waals surface area contributed by atoms with Crippen LogP contribution in [0, 0.1) is 0 Å². The van der Waals surface area contributed by atoms with Gasteiger partial charge in [-0.15, -0.1) is 0 Å². The summed E-state index contributed by atoms with van der Waals surface area (Å²) in [5.74, 6) is -0.166. The first-order valence-corrected chi connectivity index (χ1v) is 7.66. The van der Waals surface area contributed by atoms with Crippen molar-refractivity contribution in [1.29, 1.82) is 0 Å². The van der Waals surface area contributed by atoms with E-state index >= 15 is 0 Å². The highest BCUT2D eigenvalue weighted by molar-refractivity contribution is 5.89. The topological polar surface area (TPSA) is 26.3 Å². The lowest BCUT2D eigenvalue weighted by molar-refractivity contribution is -0.950. The number of rotatable bonds is 2. The number of carbonyl (C=O) groups excluding carboxylic acids is 1. The molecule has 1 aromatic rings. The van der Waals surface area contributed by atoms with E-state index < -0.39 is 0 Å². The number of carbonyl (C=O) groups is 1. The van der Waals surface area contributed by atoms with Crippen molar-refractivity contribution in [3.63, 3.8) is 0 Å². The number of esters is 1. The minimum absolute atomic E-state index is 0.101. The SMILES string of the molecule is C[N+]1(C)[C@@H]2CCC[C@H]1CC(OC(=O)c1ccccc1)C2. The molecule has 0 spiro atoms. The maximum atomic E-state index is 12.2. The van der Waals surface area contributed by atoms with Gasteiger partial charge in [0.15, 0.2) is 0 Å². The normalized spacial score (nSPS) is 31.6. The molecule has 2 aliphatic rings. The molecule has 2 heterocycles. The number of hydrogen-bond acceptors (Lipinski definition) is 2. The summed E-state index contributed by atoms with van der Waals surface area (Å²) < 4.78 is 6.87. The van der Waals surface area contributed by atoms with Crippen molar-refractivity contribution in [2.24, 2.45) is 0 Å². The molecule has 108 valence electrons. The van der Waals surface area contributed by atoms with Crippen LogP contribution in [0.4, 0.5) is 0 Å². The average Bonchev–Trinajstić information content (AvgIpc) is 2.40. The molecule has 3 atom stereocenters. The molecule has 0 aromatic heterocycles. The van der Waals surface area contributed by atoms with Crippen molar-refractivity contribution in [2.45, 2.75) is 50.3 Å². The van der Waals surface area contributed by atoms with Gasteiger partial charge in [-0.25, -0.2) is 4.79 Å². The molecule has 20 heavy (non-hydrogen) atoms. The van der Waals surface area contributed by atoms with E-state index in [1.807, 2.05) is 30.3 Å². The van der Waals surface area contributed by atoms with E-state index in [1.165, 1.54) is 19.3 Å². The molecule has 2 saturated heterocycles. The van der Waals surface area contributed by atoms with Gasteiger partial charge in [0.25, 0.3) is 0 Å². The van der Waals surface area contributed by atoms with Gasteiger partial charge < -0.3 is 9.22 Å². The van der Waals surface area contributed by atoms with E-state index in [0.29, 0.717) is 17.6 Å². The third kappa shape index (κ3) is 2.47. The quantitative estimate of drug-likeness (QED) is 0.612. The Kier molecular flexibility index (Phi) is 3.55. The molecule has 0 aliphatic carbocycles. The molecule has 3 nitrogen and oxygen atoms in total. The lowest BCUT2D eigenvalue weighted by atomic mass is 9.81. The second-order valence-electron chi connectivity index (χ2n) is 6.73. The van der Waals surface area contributed by atoms with Gasteiger partial charge in [0, 0.05) is 12.8 Å². The number of benzene rings is 1. The summed E-state index contributed by atoms with van der Waals surface area (Å²) in [6.07, 6.45) is 6.00. The fourth-order valence-electron chi connectivity index (χ4n) is 3.92. The van der Waals surface area contributed by atoms with Gasteiger partial charge in [-0.3, -0.25) is 0 Å². The Balaban J connectivity index is 1.67. The molecule has 0 saturated carbocycles. The minimum Gasteiger partial charge on any atom is -0.458 e. The monoisotopic (exact) mass is 274 g/mol. The molecule has 2 aliphatic heterocycles. The predicted octanol–water partition coefficient (Wildman–Crippen LogP) is 3.00. The molecule has 2 fully saturated rings. The van der Waals surface area contributed by atoms with E-state index in [4.69, 9.17) is 4.74 Å². The Labute approximate surface area is 121 Å². The van der Waals surface area contributed by atoms with Gasteiger partial charge >= 0.3 is 5.97 Å². The van der Waals surface area contributed by atoms with Crippen LogP contribution in [0.3, 0.4) is 0 Å². The first kappa shape index (κ1) is 13.6. The standard InChI is InChI=1S/C17H24NO2/c1-18(2)14-9-6-10-15(18)12-16(11-14)20-17(19)13-7-4-3-5-8-13/h3-5,7-8,14-16H,6,9-12H2,1-2H3/q+1/t14-,15+,16?. The summed E-state index contributed by atoms with van der Waals surface area (Å²) in [6, 6.07) is 10.6. The van der Waals surface area contributed by atoms with Gasteiger partial charge in [0.2, 0.25) is 0 Å². The van der Waals surface area contributed by atoms with Crippen LogP contribution in [0.5, 0.6) is 0 Å². The van der Waals surface area contributed by atoms with Crippen LogP contribution >= 0.6 is 0 Å². The van der Waals surface area contributed by atoms with Crippen LogP contribution in [0.25, 0.3) is 0 Å². The van der Waals surface area contributed by atoms with Crippen molar-refractivity contribution in [1.82, 2.24) is 0 Å². The Morgan fingerprint density at radius 3 is 2.30 bits per heavy atom. The molecule has 0 radical (unpaired) electrons. The first-order chi connectivity index (χ1) is 9.57. The van der Waals surface area contributed by atoms with E-state index in [9.17, 15) is 4.79 Å². The second kappa shape index (κ2) is 5.21. The van der Waals surface area contributed by atoms with Gasteiger partial charge in [0.1, 0.15) is 6.10 Å². The lowest BCUT2D eigenvalue weighted by Crippen LogP contribution is -2.63. The number of quaternary nitrogens is 1. The number of nitrogens with zero attached hydrogens (tertiary/aromatic N) is 1. The van der Waals surface area contributed by atoms with Gasteiger partial charge in [-0.2, -0.15) is 0 Å². The maximum Gasteiger partial charge on any atom is 0.338 e. The largest absolute Gasteiger partial charge is 0.458 e. The van der Waals surface area contributed by atoms with Crippen LogP contribution in [-0.4, -0.2) is 42.7 Å². The Morgan fingerprint density at radius 2 is 1.70 bits per heavy atom. The third-order valence-electron chi connectivity index (χ3n) is 5.31. The van der Waals surface area contributed by atoms with E-state index in [1.54, 1.807) is 0 Å². The van der Waals surface area contributed by atoms with Crippen molar-refractivity contribution in [2.75, 3.05) is 14.1 Å². The Hall–Kier alpha value is -1.35. The van der Waals surface area contributed by atoms with E-state index in [-0.39, 0.29) is 12.1 Å². The van der Waals surface area contributed by atoms with Gasteiger partial charge in [-0.05, 0) is 31.4 Å². The molecular weight excluding hydrogens is 250 g/mol. The molecule has 1 aromatic carbocycles. The first-order valence-electron chi connectivity index (χ1n) is 7.66. The summed E-state index contributed by atoms with van der Waals surface area (Å²) in [5, 5.41) is 0. The van der Waals surface area contributed by atoms with Crippen LogP contribution < -0.4 is 0 Å². The fraction of sp³-hybridized carbons (Fsp3) is 0.588. The molecule has 2 bridgehead atoms. The number of hydrogen-bond donors (Lipinski definition) is 0. The molecule has 3 heteroatoms. The van der Waals surface area contributed by atoms with Crippen molar-refractivity contribution in [3.05, 3.63) is 35.9 Å². The zero-order valence-electron chi connectivity index (χ0n) is 12.4. The summed E-state index contributed by atoms with van der Waals surface area (Å²) in [6.45, 7) is 0. The molecule has 0 amide bonds. The smallest absolute Gasteiger partial charge is 0.338 e. The summed E-state index contributed by atoms with van der Waals surface area (Å²) >= 11 is 0.